The summed E-state index contributed by atoms with van der Waals surface area (Å²) in [7, 11) is 0. The van der Waals surface area contributed by atoms with E-state index in [-0.39, 0.29) is 11.5 Å². The molecule has 1 amide bonds. The van der Waals surface area contributed by atoms with Crippen LogP contribution in [0.15, 0.2) is 17.1 Å². The van der Waals surface area contributed by atoms with E-state index in [1.54, 1.807) is 36.1 Å². The largest absolute Gasteiger partial charge is 0.281 e. The van der Waals surface area contributed by atoms with Crippen LogP contribution in [0.5, 0.6) is 0 Å². The van der Waals surface area contributed by atoms with Gasteiger partial charge >= 0.3 is 0 Å². The predicted octanol–water partition coefficient (Wildman–Crippen LogP) is 2.73. The van der Waals surface area contributed by atoms with Crippen LogP contribution in [0.25, 0.3) is 10.2 Å². The van der Waals surface area contributed by atoms with Crippen molar-refractivity contribution in [2.45, 2.75) is 53.0 Å². The van der Waals surface area contributed by atoms with Crippen molar-refractivity contribution in [3.63, 3.8) is 0 Å². The number of hydrogen-bond acceptors (Lipinski definition) is 5. The van der Waals surface area contributed by atoms with E-state index in [9.17, 15) is 9.59 Å². The molecule has 27 heavy (non-hydrogen) atoms. The SMILES string of the molecule is Cc1ccn([C@@H](C)C(=O)Nn2c(C)nc3sc4c(c3c2=O)CC[C@@H](C)C4)n1. The molecule has 3 aromatic heterocycles. The maximum absolute atomic E-state index is 13.2. The number of thiophene rings is 1. The summed E-state index contributed by atoms with van der Waals surface area (Å²) in [6.07, 6.45) is 4.73. The zero-order chi connectivity index (χ0) is 19.3. The minimum atomic E-state index is -0.530. The van der Waals surface area contributed by atoms with Crippen LogP contribution in [-0.4, -0.2) is 25.3 Å². The number of hydrogen-bond donors (Lipinski definition) is 1. The quantitative estimate of drug-likeness (QED) is 0.752. The summed E-state index contributed by atoms with van der Waals surface area (Å²) >= 11 is 1.61. The van der Waals surface area contributed by atoms with Crippen LogP contribution in [0.1, 0.15) is 48.3 Å². The van der Waals surface area contributed by atoms with E-state index in [1.165, 1.54) is 9.55 Å². The van der Waals surface area contributed by atoms with E-state index in [2.05, 4.69) is 22.4 Å². The number of carbonyl (C=O) groups excluding carboxylic acids is 1. The van der Waals surface area contributed by atoms with Gasteiger partial charge in [0.15, 0.2) is 0 Å². The number of nitrogens with one attached hydrogen (secondary N) is 1. The Morgan fingerprint density at radius 3 is 2.89 bits per heavy atom. The normalized spacial score (nSPS) is 17.7. The lowest BCUT2D eigenvalue weighted by molar-refractivity contribution is -0.120. The van der Waals surface area contributed by atoms with Gasteiger partial charge in [0.2, 0.25) is 0 Å². The molecule has 0 spiro atoms. The van der Waals surface area contributed by atoms with Crippen LogP contribution in [0, 0.1) is 19.8 Å². The molecule has 1 N–H and O–H groups in total. The molecular formula is C19H23N5O2S. The van der Waals surface area contributed by atoms with Crippen LogP contribution in [0.4, 0.5) is 0 Å². The van der Waals surface area contributed by atoms with Crippen molar-refractivity contribution < 1.29 is 4.79 Å². The summed E-state index contributed by atoms with van der Waals surface area (Å²) < 4.78 is 2.87. The second-order valence-corrected chi connectivity index (χ2v) is 8.50. The van der Waals surface area contributed by atoms with Gasteiger partial charge in [0.05, 0.1) is 11.1 Å². The van der Waals surface area contributed by atoms with Crippen LogP contribution < -0.4 is 11.0 Å². The fourth-order valence-corrected chi connectivity index (χ4v) is 5.01. The smallest absolute Gasteiger partial charge is 0.271 e. The fraction of sp³-hybridized carbons (Fsp3) is 0.474. The third-order valence-corrected chi connectivity index (χ3v) is 6.39. The fourth-order valence-electron chi connectivity index (χ4n) is 3.60. The topological polar surface area (TPSA) is 81.8 Å². The van der Waals surface area contributed by atoms with Crippen molar-refractivity contribution in [1.29, 1.82) is 0 Å². The lowest BCUT2D eigenvalue weighted by atomic mass is 9.89. The van der Waals surface area contributed by atoms with Gasteiger partial charge in [-0.1, -0.05) is 6.92 Å². The highest BCUT2D eigenvalue weighted by molar-refractivity contribution is 7.18. The van der Waals surface area contributed by atoms with E-state index in [0.29, 0.717) is 17.1 Å². The van der Waals surface area contributed by atoms with Crippen LogP contribution in [0.2, 0.25) is 0 Å². The minimum Gasteiger partial charge on any atom is -0.271 e. The number of amides is 1. The number of aromatic nitrogens is 4. The molecule has 1 aliphatic carbocycles. The van der Waals surface area contributed by atoms with Crippen molar-refractivity contribution in [2.24, 2.45) is 5.92 Å². The van der Waals surface area contributed by atoms with E-state index >= 15 is 0 Å². The first-order chi connectivity index (χ1) is 12.8. The van der Waals surface area contributed by atoms with Gasteiger partial charge in [-0.15, -0.1) is 11.3 Å². The molecule has 4 rings (SSSR count). The molecule has 3 aromatic rings. The lowest BCUT2D eigenvalue weighted by Crippen LogP contribution is -2.38. The van der Waals surface area contributed by atoms with Crippen LogP contribution in [0.3, 0.4) is 0 Å². The van der Waals surface area contributed by atoms with Crippen LogP contribution in [-0.2, 0) is 17.6 Å². The molecule has 0 saturated heterocycles. The zero-order valence-electron chi connectivity index (χ0n) is 15.9. The van der Waals surface area contributed by atoms with Gasteiger partial charge in [-0.25, -0.2) is 9.66 Å². The van der Waals surface area contributed by atoms with E-state index < -0.39 is 6.04 Å². The average Bonchev–Trinajstić information content (AvgIpc) is 3.20. The summed E-state index contributed by atoms with van der Waals surface area (Å²) in [5, 5.41) is 4.94. The number of carbonyl (C=O) groups is 1. The molecule has 8 heteroatoms. The van der Waals surface area contributed by atoms with Crippen molar-refractivity contribution in [3.05, 3.63) is 44.6 Å². The molecule has 0 aromatic carbocycles. The van der Waals surface area contributed by atoms with Gasteiger partial charge < -0.3 is 0 Å². The maximum atomic E-state index is 13.2. The minimum absolute atomic E-state index is 0.193. The molecule has 0 fully saturated rings. The number of rotatable bonds is 3. The van der Waals surface area contributed by atoms with Crippen molar-refractivity contribution >= 4 is 27.5 Å². The summed E-state index contributed by atoms with van der Waals surface area (Å²) in [5.74, 6) is 0.811. The van der Waals surface area contributed by atoms with E-state index in [1.807, 2.05) is 13.0 Å². The Hall–Kier alpha value is -2.48. The molecule has 1 aliphatic rings. The Morgan fingerprint density at radius 1 is 1.41 bits per heavy atom. The zero-order valence-corrected chi connectivity index (χ0v) is 16.8. The Kier molecular flexibility index (Phi) is 4.38. The van der Waals surface area contributed by atoms with Gasteiger partial charge in [-0.2, -0.15) is 5.10 Å². The molecule has 7 nitrogen and oxygen atoms in total. The summed E-state index contributed by atoms with van der Waals surface area (Å²) in [6, 6.07) is 1.31. The Morgan fingerprint density at radius 2 is 2.19 bits per heavy atom. The second-order valence-electron chi connectivity index (χ2n) is 7.42. The third kappa shape index (κ3) is 3.07. The van der Waals surface area contributed by atoms with Gasteiger partial charge in [0.25, 0.3) is 11.5 Å². The lowest BCUT2D eigenvalue weighted by Gasteiger charge is -2.18. The van der Waals surface area contributed by atoms with Crippen molar-refractivity contribution in [3.8, 4) is 0 Å². The molecule has 142 valence electrons. The van der Waals surface area contributed by atoms with Crippen molar-refractivity contribution in [1.82, 2.24) is 19.4 Å². The molecule has 0 unspecified atom stereocenters. The van der Waals surface area contributed by atoms with Gasteiger partial charge in [-0.05, 0) is 57.6 Å². The molecular weight excluding hydrogens is 362 g/mol. The van der Waals surface area contributed by atoms with E-state index in [4.69, 9.17) is 0 Å². The summed E-state index contributed by atoms with van der Waals surface area (Å²) in [4.78, 5) is 32.5. The Bertz CT molecular complexity index is 1090. The predicted molar refractivity (Wildman–Crippen MR) is 106 cm³/mol. The highest BCUT2D eigenvalue weighted by Gasteiger charge is 2.25. The van der Waals surface area contributed by atoms with Gasteiger partial charge in [0.1, 0.15) is 16.7 Å². The van der Waals surface area contributed by atoms with Gasteiger partial charge in [-0.3, -0.25) is 19.7 Å². The monoisotopic (exact) mass is 385 g/mol. The first-order valence-electron chi connectivity index (χ1n) is 9.21. The van der Waals surface area contributed by atoms with Crippen molar-refractivity contribution in [2.75, 3.05) is 5.43 Å². The molecule has 0 bridgehead atoms. The molecule has 2 atom stereocenters. The standard InChI is InChI=1S/C19H23N5O2S/c1-10-5-6-14-15(9-10)27-18-16(14)19(26)24(13(4)20-18)22-17(25)12(3)23-8-7-11(2)21-23/h7-8,10,12H,5-6,9H2,1-4H3,(H,22,25)/t10-,12+/m1/s1. The summed E-state index contributed by atoms with van der Waals surface area (Å²) in [6.45, 7) is 7.60. The Balaban J connectivity index is 1.71. The number of fused-ring (bicyclic) bond motifs is 3. The molecule has 0 radical (unpaired) electrons. The number of aryl methyl sites for hydroxylation is 3. The highest BCUT2D eigenvalue weighted by atomic mass is 32.1. The molecule has 0 saturated carbocycles. The number of nitrogens with zero attached hydrogens (tertiary/aromatic N) is 4. The molecule has 3 heterocycles. The molecule has 0 aliphatic heterocycles. The van der Waals surface area contributed by atoms with E-state index in [0.717, 1.165) is 35.4 Å². The summed E-state index contributed by atoms with van der Waals surface area (Å²) in [5.41, 5.74) is 4.49. The average molecular weight is 385 g/mol. The third-order valence-electron chi connectivity index (χ3n) is 5.24. The first-order valence-corrected chi connectivity index (χ1v) is 10.0. The highest BCUT2D eigenvalue weighted by Crippen LogP contribution is 2.35. The van der Waals surface area contributed by atoms with Gasteiger partial charge in [0, 0.05) is 11.1 Å². The second kappa shape index (κ2) is 6.60. The maximum Gasteiger partial charge on any atom is 0.281 e. The van der Waals surface area contributed by atoms with Crippen LogP contribution >= 0.6 is 11.3 Å². The Labute approximate surface area is 161 Å². The first kappa shape index (κ1) is 17.9.